The van der Waals surface area contributed by atoms with Crippen LogP contribution in [0.15, 0.2) is 30.3 Å². The fraction of sp³-hybridized carbons (Fsp3) is 0.400. The van der Waals surface area contributed by atoms with Gasteiger partial charge in [-0.2, -0.15) is 13.2 Å². The van der Waals surface area contributed by atoms with Crippen LogP contribution in [-0.2, 0) is 11.0 Å². The first-order valence-corrected chi connectivity index (χ1v) is 10.3. The second kappa shape index (κ2) is 7.70. The van der Waals surface area contributed by atoms with E-state index in [9.17, 15) is 22.8 Å². The Morgan fingerprint density at radius 1 is 1.03 bits per heavy atom. The molecule has 0 unspecified atom stereocenters. The van der Waals surface area contributed by atoms with Crippen molar-refractivity contribution >= 4 is 39.5 Å². The van der Waals surface area contributed by atoms with Crippen molar-refractivity contribution in [3.63, 3.8) is 0 Å². The molecular weight excluding hydrogens is 403 g/mol. The van der Waals surface area contributed by atoms with Crippen LogP contribution >= 0.6 is 11.3 Å². The number of nitrogens with one attached hydrogen (secondary N) is 2. The molecule has 5 nitrogen and oxygen atoms in total. The molecule has 1 saturated carbocycles. The third-order valence-corrected chi connectivity index (χ3v) is 6.04. The molecule has 2 heterocycles. The van der Waals surface area contributed by atoms with Gasteiger partial charge in [0.25, 0.3) is 5.91 Å². The zero-order valence-electron chi connectivity index (χ0n) is 15.5. The van der Waals surface area contributed by atoms with E-state index in [1.807, 2.05) is 4.90 Å². The Labute approximate surface area is 169 Å². The Morgan fingerprint density at radius 3 is 2.41 bits per heavy atom. The lowest BCUT2D eigenvalue weighted by Crippen LogP contribution is -2.21. The quantitative estimate of drug-likeness (QED) is 0.714. The molecule has 0 bridgehead atoms. The summed E-state index contributed by atoms with van der Waals surface area (Å²) in [4.78, 5) is 26.8. The van der Waals surface area contributed by atoms with Crippen molar-refractivity contribution in [1.82, 2.24) is 0 Å². The van der Waals surface area contributed by atoms with Gasteiger partial charge in [0.1, 0.15) is 0 Å². The van der Waals surface area contributed by atoms with Crippen LogP contribution in [0.1, 0.15) is 40.9 Å². The monoisotopic (exact) mass is 423 g/mol. The minimum Gasteiger partial charge on any atom is -0.370 e. The summed E-state index contributed by atoms with van der Waals surface area (Å²) in [6.45, 7) is 1.48. The lowest BCUT2D eigenvalue weighted by molar-refractivity contribution is -0.137. The highest BCUT2D eigenvalue weighted by Gasteiger charge is 2.32. The molecule has 2 fully saturated rings. The summed E-state index contributed by atoms with van der Waals surface area (Å²) in [5.41, 5.74) is -0.0781. The van der Waals surface area contributed by atoms with E-state index >= 15 is 0 Å². The largest absolute Gasteiger partial charge is 0.416 e. The molecule has 1 aromatic heterocycles. The summed E-state index contributed by atoms with van der Waals surface area (Å²) < 4.78 is 39.5. The smallest absolute Gasteiger partial charge is 0.370 e. The summed E-state index contributed by atoms with van der Waals surface area (Å²) in [5.74, 6) is -0.516. The fourth-order valence-electron chi connectivity index (χ4n) is 3.33. The van der Waals surface area contributed by atoms with Gasteiger partial charge in [-0.25, -0.2) is 0 Å². The number of benzene rings is 1. The van der Waals surface area contributed by atoms with Crippen molar-refractivity contribution in [1.29, 1.82) is 0 Å². The topological polar surface area (TPSA) is 61.4 Å². The fourth-order valence-corrected chi connectivity index (χ4v) is 4.13. The van der Waals surface area contributed by atoms with Gasteiger partial charge in [0.15, 0.2) is 0 Å². The molecule has 154 valence electrons. The van der Waals surface area contributed by atoms with E-state index in [2.05, 4.69) is 10.6 Å². The predicted octanol–water partition coefficient (Wildman–Crippen LogP) is 4.97. The van der Waals surface area contributed by atoms with Crippen LogP contribution in [-0.4, -0.2) is 24.9 Å². The standard InChI is InChI=1S/C20H20F3N3O2S/c21-20(22,23)13-5-6-15(26-9-1-2-10-26)14(11-13)24-19(28)16-7-8-17(29-16)25-18(27)12-3-4-12/h5-8,11-12H,1-4,9-10H2,(H,24,28)(H,25,27). The molecule has 0 radical (unpaired) electrons. The molecule has 0 atom stereocenters. The third kappa shape index (κ3) is 4.55. The van der Waals surface area contributed by atoms with E-state index in [0.717, 1.165) is 62.2 Å². The van der Waals surface area contributed by atoms with Gasteiger partial charge < -0.3 is 15.5 Å². The zero-order valence-corrected chi connectivity index (χ0v) is 16.3. The van der Waals surface area contributed by atoms with Crippen LogP contribution in [0.2, 0.25) is 0 Å². The molecule has 4 rings (SSSR count). The second-order valence-electron chi connectivity index (χ2n) is 7.31. The van der Waals surface area contributed by atoms with E-state index in [4.69, 9.17) is 0 Å². The number of nitrogens with zero attached hydrogens (tertiary/aromatic N) is 1. The maximum absolute atomic E-state index is 13.2. The molecular formula is C20H20F3N3O2S. The van der Waals surface area contributed by atoms with E-state index in [1.54, 1.807) is 12.1 Å². The highest BCUT2D eigenvalue weighted by Crippen LogP contribution is 2.37. The summed E-state index contributed by atoms with van der Waals surface area (Å²) >= 11 is 1.10. The van der Waals surface area contributed by atoms with Crippen LogP contribution in [0.4, 0.5) is 29.5 Å². The summed E-state index contributed by atoms with van der Waals surface area (Å²) in [7, 11) is 0. The first-order valence-electron chi connectivity index (χ1n) is 9.49. The number of halogens is 3. The van der Waals surface area contributed by atoms with Crippen molar-refractivity contribution in [3.05, 3.63) is 40.8 Å². The number of alkyl halides is 3. The first-order chi connectivity index (χ1) is 13.8. The Kier molecular flexibility index (Phi) is 5.24. The van der Waals surface area contributed by atoms with Gasteiger partial charge in [-0.05, 0) is 56.0 Å². The van der Waals surface area contributed by atoms with E-state index in [0.29, 0.717) is 15.6 Å². The molecule has 1 aromatic carbocycles. The van der Waals surface area contributed by atoms with Crippen molar-refractivity contribution in [2.45, 2.75) is 31.9 Å². The number of hydrogen-bond donors (Lipinski definition) is 2. The maximum atomic E-state index is 13.2. The first kappa shape index (κ1) is 19.8. The van der Waals surface area contributed by atoms with Crippen molar-refractivity contribution in [2.75, 3.05) is 28.6 Å². The van der Waals surface area contributed by atoms with Gasteiger partial charge >= 0.3 is 6.18 Å². The van der Waals surface area contributed by atoms with Crippen molar-refractivity contribution in [3.8, 4) is 0 Å². The van der Waals surface area contributed by atoms with Crippen LogP contribution in [0.5, 0.6) is 0 Å². The lowest BCUT2D eigenvalue weighted by Gasteiger charge is -2.22. The van der Waals surface area contributed by atoms with Crippen LogP contribution in [0.25, 0.3) is 0 Å². The molecule has 2 aliphatic rings. The summed E-state index contributed by atoms with van der Waals surface area (Å²) in [6, 6.07) is 6.63. The van der Waals surface area contributed by atoms with Gasteiger partial charge in [0.05, 0.1) is 26.8 Å². The van der Waals surface area contributed by atoms with Crippen LogP contribution in [0, 0.1) is 5.92 Å². The molecule has 2 N–H and O–H groups in total. The Bertz CT molecular complexity index is 931. The Hall–Kier alpha value is -2.55. The minimum atomic E-state index is -4.49. The molecule has 2 amide bonds. The summed E-state index contributed by atoms with van der Waals surface area (Å²) in [6.07, 6.45) is -0.822. The van der Waals surface area contributed by atoms with E-state index < -0.39 is 17.6 Å². The number of carbonyl (C=O) groups excluding carboxylic acids is 2. The van der Waals surface area contributed by atoms with Gasteiger partial charge in [-0.3, -0.25) is 9.59 Å². The third-order valence-electron chi connectivity index (χ3n) is 5.04. The SMILES string of the molecule is O=C(Nc1cc(C(F)(F)F)ccc1N1CCCC1)c1ccc(NC(=O)C2CC2)s1. The van der Waals surface area contributed by atoms with Gasteiger partial charge in [0, 0.05) is 19.0 Å². The Balaban J connectivity index is 1.54. The maximum Gasteiger partial charge on any atom is 0.416 e. The molecule has 1 saturated heterocycles. The van der Waals surface area contributed by atoms with Gasteiger partial charge in [-0.15, -0.1) is 11.3 Å². The number of amides is 2. The molecule has 1 aliphatic heterocycles. The molecule has 9 heteroatoms. The number of hydrogen-bond acceptors (Lipinski definition) is 4. The van der Waals surface area contributed by atoms with Gasteiger partial charge in [-0.1, -0.05) is 0 Å². The van der Waals surface area contributed by atoms with E-state index in [-0.39, 0.29) is 17.5 Å². The van der Waals surface area contributed by atoms with Crippen LogP contribution in [0.3, 0.4) is 0 Å². The molecule has 0 spiro atoms. The van der Waals surface area contributed by atoms with Crippen LogP contribution < -0.4 is 15.5 Å². The normalized spacial score (nSPS) is 16.7. The average molecular weight is 423 g/mol. The highest BCUT2D eigenvalue weighted by atomic mass is 32.1. The number of thiophene rings is 1. The van der Waals surface area contributed by atoms with Crippen molar-refractivity contribution in [2.24, 2.45) is 5.92 Å². The number of carbonyl (C=O) groups is 2. The van der Waals surface area contributed by atoms with Gasteiger partial charge in [0.2, 0.25) is 5.91 Å². The predicted molar refractivity (Wildman–Crippen MR) is 107 cm³/mol. The zero-order chi connectivity index (χ0) is 20.6. The summed E-state index contributed by atoms with van der Waals surface area (Å²) in [5, 5.41) is 5.96. The second-order valence-corrected chi connectivity index (χ2v) is 8.39. The lowest BCUT2D eigenvalue weighted by atomic mass is 10.1. The van der Waals surface area contributed by atoms with E-state index in [1.165, 1.54) is 6.07 Å². The van der Waals surface area contributed by atoms with Crippen molar-refractivity contribution < 1.29 is 22.8 Å². The number of rotatable bonds is 5. The Morgan fingerprint density at radius 2 is 1.76 bits per heavy atom. The minimum absolute atomic E-state index is 0.0440. The molecule has 2 aromatic rings. The molecule has 1 aliphatic carbocycles. The average Bonchev–Trinajstić information content (AvgIpc) is 3.18. The molecule has 29 heavy (non-hydrogen) atoms. The number of anilines is 3. The highest BCUT2D eigenvalue weighted by molar-refractivity contribution is 7.18.